The molecule has 1 saturated heterocycles. The number of carbonyl (C=O) groups is 2. The average Bonchev–Trinajstić information content (AvgIpc) is 3.15. The summed E-state index contributed by atoms with van der Waals surface area (Å²) in [6, 6.07) is 12.6. The number of likely N-dealkylation sites (tertiary alicyclic amines) is 1. The van der Waals surface area contributed by atoms with E-state index in [9.17, 15) is 14.0 Å². The second-order valence-electron chi connectivity index (χ2n) is 7.70. The lowest BCUT2D eigenvalue weighted by Crippen LogP contribution is -2.32. The van der Waals surface area contributed by atoms with Crippen molar-refractivity contribution in [3.63, 3.8) is 0 Å². The van der Waals surface area contributed by atoms with E-state index >= 15 is 0 Å². The molecule has 1 aliphatic heterocycles. The van der Waals surface area contributed by atoms with E-state index < -0.39 is 5.92 Å². The lowest BCUT2D eigenvalue weighted by atomic mass is 10.1. The highest BCUT2D eigenvalue weighted by atomic mass is 19.1. The molecule has 1 N–H and O–H groups in total. The summed E-state index contributed by atoms with van der Waals surface area (Å²) in [4.78, 5) is 28.6. The second-order valence-corrected chi connectivity index (χ2v) is 7.70. The number of ether oxygens (including phenoxy) is 1. The maximum absolute atomic E-state index is 14.4. The van der Waals surface area contributed by atoms with E-state index in [-0.39, 0.29) is 30.6 Å². The maximum atomic E-state index is 14.4. The molecule has 1 unspecified atom stereocenters. The van der Waals surface area contributed by atoms with E-state index in [1.807, 2.05) is 49.1 Å². The van der Waals surface area contributed by atoms with Gasteiger partial charge in [0.25, 0.3) is 0 Å². The third kappa shape index (κ3) is 5.54. The molecule has 1 fully saturated rings. The topological polar surface area (TPSA) is 61.9 Å². The number of nitrogens with one attached hydrogen (secondary N) is 1. The van der Waals surface area contributed by atoms with E-state index in [0.29, 0.717) is 24.3 Å². The Labute approximate surface area is 183 Å². The first-order valence-corrected chi connectivity index (χ1v) is 10.7. The minimum Gasteiger partial charge on any atom is -0.497 e. The van der Waals surface area contributed by atoms with Gasteiger partial charge in [0, 0.05) is 39.1 Å². The summed E-state index contributed by atoms with van der Waals surface area (Å²) in [5, 5.41) is 2.85. The molecule has 2 aromatic rings. The van der Waals surface area contributed by atoms with Crippen LogP contribution in [0.3, 0.4) is 0 Å². The number of nitrogens with zero attached hydrogens (tertiary/aromatic N) is 2. The molecule has 6 nitrogen and oxygen atoms in total. The summed E-state index contributed by atoms with van der Waals surface area (Å²) in [6.45, 7) is 6.50. The van der Waals surface area contributed by atoms with E-state index in [1.54, 1.807) is 18.1 Å². The molecular formula is C24H30FN3O3. The standard InChI is InChI=1S/C24H30FN3O3/c1-4-27(5-2)22-11-8-18(12-21(22)25)14-26-24(30)19-13-23(29)28(16-19)15-17-6-9-20(31-3)10-7-17/h6-12,19H,4-5,13-16H2,1-3H3,(H,26,30). The van der Waals surface area contributed by atoms with E-state index in [2.05, 4.69) is 5.32 Å². The van der Waals surface area contributed by atoms with Crippen LogP contribution in [0.1, 0.15) is 31.4 Å². The molecule has 0 radical (unpaired) electrons. The predicted octanol–water partition coefficient (Wildman–Crippen LogP) is 3.35. The van der Waals surface area contributed by atoms with Crippen molar-refractivity contribution in [2.45, 2.75) is 33.4 Å². The Morgan fingerprint density at radius 3 is 2.45 bits per heavy atom. The maximum Gasteiger partial charge on any atom is 0.225 e. The molecule has 0 spiro atoms. The van der Waals surface area contributed by atoms with E-state index in [0.717, 1.165) is 24.4 Å². The van der Waals surface area contributed by atoms with Crippen LogP contribution < -0.4 is 15.0 Å². The SMILES string of the molecule is CCN(CC)c1ccc(CNC(=O)C2CC(=O)N(Cc3ccc(OC)cc3)C2)cc1F. The summed E-state index contributed by atoms with van der Waals surface area (Å²) in [7, 11) is 1.61. The van der Waals surface area contributed by atoms with Gasteiger partial charge in [-0.3, -0.25) is 9.59 Å². The highest BCUT2D eigenvalue weighted by molar-refractivity contribution is 5.89. The Bertz CT molecular complexity index is 913. The van der Waals surface area contributed by atoms with Crippen molar-refractivity contribution >= 4 is 17.5 Å². The van der Waals surface area contributed by atoms with Crippen molar-refractivity contribution in [2.24, 2.45) is 5.92 Å². The van der Waals surface area contributed by atoms with Crippen LogP contribution in [0.15, 0.2) is 42.5 Å². The molecule has 31 heavy (non-hydrogen) atoms. The number of methoxy groups -OCH3 is 1. The number of anilines is 1. The summed E-state index contributed by atoms with van der Waals surface area (Å²) in [5.41, 5.74) is 2.25. The number of rotatable bonds is 9. The molecule has 3 rings (SSSR count). The number of amides is 2. The zero-order chi connectivity index (χ0) is 22.4. The molecule has 2 aromatic carbocycles. The largest absolute Gasteiger partial charge is 0.497 e. The van der Waals surface area contributed by atoms with Crippen LogP contribution in [0.2, 0.25) is 0 Å². The zero-order valence-corrected chi connectivity index (χ0v) is 18.4. The zero-order valence-electron chi connectivity index (χ0n) is 18.4. The molecule has 7 heteroatoms. The van der Waals surface area contributed by atoms with Crippen molar-refractivity contribution in [2.75, 3.05) is 31.6 Å². The summed E-state index contributed by atoms with van der Waals surface area (Å²) < 4.78 is 19.6. The lowest BCUT2D eigenvalue weighted by Gasteiger charge is -2.22. The third-order valence-electron chi connectivity index (χ3n) is 5.70. The molecule has 1 atom stereocenters. The van der Waals surface area contributed by atoms with Crippen molar-refractivity contribution in [1.29, 1.82) is 0 Å². The van der Waals surface area contributed by atoms with Gasteiger partial charge in [-0.1, -0.05) is 18.2 Å². The van der Waals surface area contributed by atoms with Gasteiger partial charge in [0.05, 0.1) is 18.7 Å². The first-order valence-electron chi connectivity index (χ1n) is 10.7. The summed E-state index contributed by atoms with van der Waals surface area (Å²) >= 11 is 0. The average molecular weight is 428 g/mol. The molecule has 1 aliphatic rings. The highest BCUT2D eigenvalue weighted by Gasteiger charge is 2.34. The minimum absolute atomic E-state index is 0.0365. The van der Waals surface area contributed by atoms with Gasteiger partial charge in [-0.25, -0.2) is 4.39 Å². The van der Waals surface area contributed by atoms with Crippen LogP contribution in [-0.2, 0) is 22.7 Å². The molecular weight excluding hydrogens is 397 g/mol. The van der Waals surface area contributed by atoms with Gasteiger partial charge in [-0.05, 0) is 49.2 Å². The van der Waals surface area contributed by atoms with Gasteiger partial charge in [0.2, 0.25) is 11.8 Å². The number of benzene rings is 2. The van der Waals surface area contributed by atoms with Crippen LogP contribution in [0.25, 0.3) is 0 Å². The third-order valence-corrected chi connectivity index (χ3v) is 5.70. The van der Waals surface area contributed by atoms with Gasteiger partial charge in [-0.2, -0.15) is 0 Å². The Morgan fingerprint density at radius 1 is 1.16 bits per heavy atom. The number of halogens is 1. The molecule has 2 amide bonds. The molecule has 0 bridgehead atoms. The molecule has 0 saturated carbocycles. The van der Waals surface area contributed by atoms with Gasteiger partial charge < -0.3 is 19.9 Å². The van der Waals surface area contributed by atoms with E-state index in [1.165, 1.54) is 6.07 Å². The molecule has 166 valence electrons. The summed E-state index contributed by atoms with van der Waals surface area (Å²) in [5.74, 6) is -0.151. The number of carbonyl (C=O) groups excluding carboxylic acids is 2. The smallest absolute Gasteiger partial charge is 0.225 e. The Morgan fingerprint density at radius 2 is 1.84 bits per heavy atom. The van der Waals surface area contributed by atoms with Gasteiger partial charge in [0.1, 0.15) is 11.6 Å². The Kier molecular flexibility index (Phi) is 7.50. The first kappa shape index (κ1) is 22.6. The van der Waals surface area contributed by atoms with Crippen LogP contribution in [0, 0.1) is 11.7 Å². The lowest BCUT2D eigenvalue weighted by molar-refractivity contribution is -0.129. The van der Waals surface area contributed by atoms with Crippen molar-refractivity contribution in [1.82, 2.24) is 10.2 Å². The van der Waals surface area contributed by atoms with Crippen LogP contribution in [0.5, 0.6) is 5.75 Å². The second kappa shape index (κ2) is 10.3. The normalized spacial score (nSPS) is 15.8. The van der Waals surface area contributed by atoms with Crippen LogP contribution >= 0.6 is 0 Å². The monoisotopic (exact) mass is 427 g/mol. The van der Waals surface area contributed by atoms with Crippen molar-refractivity contribution in [3.05, 3.63) is 59.4 Å². The number of hydrogen-bond donors (Lipinski definition) is 1. The minimum atomic E-state index is -0.398. The first-order chi connectivity index (χ1) is 14.9. The van der Waals surface area contributed by atoms with Crippen molar-refractivity contribution < 1.29 is 18.7 Å². The molecule has 0 aromatic heterocycles. The summed E-state index contributed by atoms with van der Waals surface area (Å²) in [6.07, 6.45) is 0.192. The fourth-order valence-corrected chi connectivity index (χ4v) is 3.87. The fourth-order valence-electron chi connectivity index (χ4n) is 3.87. The Hall–Kier alpha value is -3.09. The predicted molar refractivity (Wildman–Crippen MR) is 118 cm³/mol. The van der Waals surface area contributed by atoms with Gasteiger partial charge >= 0.3 is 0 Å². The molecule has 1 heterocycles. The molecule has 0 aliphatic carbocycles. The van der Waals surface area contributed by atoms with Crippen molar-refractivity contribution in [3.8, 4) is 5.75 Å². The fraction of sp³-hybridized carbons (Fsp3) is 0.417. The van der Waals surface area contributed by atoms with E-state index in [4.69, 9.17) is 4.74 Å². The van der Waals surface area contributed by atoms with Gasteiger partial charge in [0.15, 0.2) is 0 Å². The number of hydrogen-bond acceptors (Lipinski definition) is 4. The van der Waals surface area contributed by atoms with Crippen LogP contribution in [0.4, 0.5) is 10.1 Å². The quantitative estimate of drug-likeness (QED) is 0.667. The van der Waals surface area contributed by atoms with Gasteiger partial charge in [-0.15, -0.1) is 0 Å². The Balaban J connectivity index is 1.54. The highest BCUT2D eigenvalue weighted by Crippen LogP contribution is 2.23. The van der Waals surface area contributed by atoms with Crippen LogP contribution in [-0.4, -0.2) is 43.5 Å².